The molecule has 0 N–H and O–H groups in total. The first-order valence-electron chi connectivity index (χ1n) is 8.35. The van der Waals surface area contributed by atoms with Crippen LogP contribution >= 0.6 is 0 Å². The minimum Gasteiger partial charge on any atom is -0.459 e. The SMILES string of the molecule is O=C(OC1CCC(=NOc2ccc([N+](=O)[O-])cc2)CC1)c1ccccc1. The van der Waals surface area contributed by atoms with Gasteiger partial charge in [-0.2, -0.15) is 0 Å². The van der Waals surface area contributed by atoms with Gasteiger partial charge in [-0.25, -0.2) is 4.79 Å². The molecule has 0 aromatic heterocycles. The fourth-order valence-corrected chi connectivity index (χ4v) is 2.67. The van der Waals surface area contributed by atoms with Gasteiger partial charge in [0.25, 0.3) is 5.69 Å². The highest BCUT2D eigenvalue weighted by Gasteiger charge is 2.22. The molecular formula is C19H18N2O5. The molecule has 2 aromatic rings. The Kier molecular flexibility index (Phi) is 5.58. The summed E-state index contributed by atoms with van der Waals surface area (Å²) in [7, 11) is 0. The molecule has 1 fully saturated rings. The summed E-state index contributed by atoms with van der Waals surface area (Å²) in [5.41, 5.74) is 1.44. The first-order chi connectivity index (χ1) is 12.6. The molecule has 0 unspecified atom stereocenters. The number of carbonyl (C=O) groups excluding carboxylic acids is 1. The van der Waals surface area contributed by atoms with E-state index in [9.17, 15) is 14.9 Å². The molecule has 134 valence electrons. The van der Waals surface area contributed by atoms with Gasteiger partial charge in [0.1, 0.15) is 6.10 Å². The number of oxime groups is 1. The quantitative estimate of drug-likeness (QED) is 0.457. The smallest absolute Gasteiger partial charge is 0.338 e. The number of nitro benzene ring substituents is 1. The molecule has 26 heavy (non-hydrogen) atoms. The van der Waals surface area contributed by atoms with E-state index in [1.54, 1.807) is 24.3 Å². The van der Waals surface area contributed by atoms with E-state index >= 15 is 0 Å². The molecule has 7 heteroatoms. The normalized spacial score (nSPS) is 16.6. The minimum absolute atomic E-state index is 0.00532. The zero-order valence-electron chi connectivity index (χ0n) is 14.0. The number of esters is 1. The Hall–Kier alpha value is -3.22. The van der Waals surface area contributed by atoms with E-state index in [0.717, 1.165) is 5.71 Å². The molecule has 1 saturated carbocycles. The van der Waals surface area contributed by atoms with Crippen molar-refractivity contribution in [3.05, 3.63) is 70.3 Å². The number of ether oxygens (including phenoxy) is 1. The highest BCUT2D eigenvalue weighted by atomic mass is 16.6. The summed E-state index contributed by atoms with van der Waals surface area (Å²) in [6.07, 6.45) is 2.63. The van der Waals surface area contributed by atoms with E-state index < -0.39 is 4.92 Å². The van der Waals surface area contributed by atoms with Gasteiger partial charge in [-0.1, -0.05) is 23.4 Å². The number of carbonyl (C=O) groups is 1. The monoisotopic (exact) mass is 354 g/mol. The molecule has 7 nitrogen and oxygen atoms in total. The molecule has 0 atom stereocenters. The summed E-state index contributed by atoms with van der Waals surface area (Å²) >= 11 is 0. The fraction of sp³-hybridized carbons (Fsp3) is 0.263. The third-order valence-corrected chi connectivity index (χ3v) is 4.12. The van der Waals surface area contributed by atoms with Crippen molar-refractivity contribution < 1.29 is 19.3 Å². The molecule has 0 heterocycles. The van der Waals surface area contributed by atoms with Crippen LogP contribution < -0.4 is 4.84 Å². The predicted molar refractivity (Wildman–Crippen MR) is 95.3 cm³/mol. The zero-order valence-corrected chi connectivity index (χ0v) is 14.0. The van der Waals surface area contributed by atoms with Crippen molar-refractivity contribution in [2.24, 2.45) is 5.16 Å². The molecule has 1 aliphatic carbocycles. The predicted octanol–water partition coefficient (Wildman–Crippen LogP) is 4.13. The highest BCUT2D eigenvalue weighted by molar-refractivity contribution is 5.89. The van der Waals surface area contributed by atoms with Crippen LogP contribution in [0.5, 0.6) is 5.75 Å². The zero-order chi connectivity index (χ0) is 18.4. The number of nitrogens with zero attached hydrogens (tertiary/aromatic N) is 2. The topological polar surface area (TPSA) is 91.0 Å². The molecule has 2 aromatic carbocycles. The molecule has 0 spiro atoms. The molecule has 3 rings (SSSR count). The van der Waals surface area contributed by atoms with Gasteiger partial charge in [0.15, 0.2) is 5.75 Å². The number of non-ortho nitro benzene ring substituents is 1. The molecule has 0 radical (unpaired) electrons. The molecule has 1 aliphatic rings. The lowest BCUT2D eigenvalue weighted by Gasteiger charge is -2.22. The van der Waals surface area contributed by atoms with Crippen molar-refractivity contribution in [3.8, 4) is 5.75 Å². The lowest BCUT2D eigenvalue weighted by atomic mass is 9.96. The summed E-state index contributed by atoms with van der Waals surface area (Å²) in [5.74, 6) is 0.138. The molecule has 0 bridgehead atoms. The second-order valence-corrected chi connectivity index (χ2v) is 5.97. The number of hydrogen-bond acceptors (Lipinski definition) is 6. The van der Waals surface area contributed by atoms with Crippen molar-refractivity contribution >= 4 is 17.4 Å². The summed E-state index contributed by atoms with van der Waals surface area (Å²) in [5, 5.41) is 14.7. The van der Waals surface area contributed by atoms with Gasteiger partial charge in [-0.15, -0.1) is 0 Å². The largest absolute Gasteiger partial charge is 0.459 e. The average molecular weight is 354 g/mol. The number of nitro groups is 1. The van der Waals surface area contributed by atoms with Gasteiger partial charge in [0.2, 0.25) is 0 Å². The Morgan fingerprint density at radius 1 is 1.04 bits per heavy atom. The van der Waals surface area contributed by atoms with Gasteiger partial charge in [0.05, 0.1) is 16.2 Å². The van der Waals surface area contributed by atoms with Gasteiger partial charge in [-0.05, 0) is 49.9 Å². The Morgan fingerprint density at radius 2 is 1.69 bits per heavy atom. The van der Waals surface area contributed by atoms with Crippen LogP contribution in [0.4, 0.5) is 5.69 Å². The van der Waals surface area contributed by atoms with E-state index in [2.05, 4.69) is 5.16 Å². The van der Waals surface area contributed by atoms with Crippen molar-refractivity contribution in [2.75, 3.05) is 0 Å². The van der Waals surface area contributed by atoms with E-state index in [4.69, 9.17) is 9.57 Å². The summed E-state index contributed by atoms with van der Waals surface area (Å²) < 4.78 is 5.53. The maximum Gasteiger partial charge on any atom is 0.338 e. The molecule has 0 amide bonds. The van der Waals surface area contributed by atoms with Gasteiger partial charge in [-0.3, -0.25) is 10.1 Å². The van der Waals surface area contributed by atoms with Gasteiger partial charge in [0, 0.05) is 12.1 Å². The molecule has 0 saturated heterocycles. The average Bonchev–Trinajstić information content (AvgIpc) is 2.68. The summed E-state index contributed by atoms with van der Waals surface area (Å²) in [4.78, 5) is 27.5. The van der Waals surface area contributed by atoms with E-state index in [1.807, 2.05) is 6.07 Å². The fourth-order valence-electron chi connectivity index (χ4n) is 2.67. The van der Waals surface area contributed by atoms with Crippen molar-refractivity contribution in [1.29, 1.82) is 0 Å². The first kappa shape index (κ1) is 17.6. The number of benzene rings is 2. The minimum atomic E-state index is -0.465. The van der Waals surface area contributed by atoms with Crippen LogP contribution in [0.1, 0.15) is 36.0 Å². The Balaban J connectivity index is 1.48. The standard InChI is InChI=1S/C19H18N2O5/c22-19(14-4-2-1-3-5-14)25-17-10-6-15(7-11-17)20-26-18-12-8-16(9-13-18)21(23)24/h1-5,8-9,12-13,17H,6-7,10-11H2. The second-order valence-electron chi connectivity index (χ2n) is 5.97. The lowest BCUT2D eigenvalue weighted by molar-refractivity contribution is -0.384. The second kappa shape index (κ2) is 8.24. The van der Waals surface area contributed by atoms with Crippen molar-refractivity contribution in [1.82, 2.24) is 0 Å². The third-order valence-electron chi connectivity index (χ3n) is 4.12. The van der Waals surface area contributed by atoms with Crippen LogP contribution in [0, 0.1) is 10.1 Å². The van der Waals surface area contributed by atoms with Crippen LogP contribution in [-0.2, 0) is 4.74 Å². The Morgan fingerprint density at radius 3 is 2.31 bits per heavy atom. The number of rotatable bonds is 5. The summed E-state index contributed by atoms with van der Waals surface area (Å²) in [6.45, 7) is 0. The van der Waals surface area contributed by atoms with Crippen LogP contribution in [0.15, 0.2) is 59.8 Å². The first-order valence-corrected chi connectivity index (χ1v) is 8.35. The number of hydrogen-bond donors (Lipinski definition) is 0. The maximum absolute atomic E-state index is 12.1. The van der Waals surface area contributed by atoms with Gasteiger partial charge < -0.3 is 9.57 Å². The third kappa shape index (κ3) is 4.66. The van der Waals surface area contributed by atoms with Crippen LogP contribution in [0.3, 0.4) is 0 Å². The van der Waals surface area contributed by atoms with Crippen molar-refractivity contribution in [3.63, 3.8) is 0 Å². The Labute approximate surface area is 150 Å². The molecule has 0 aliphatic heterocycles. The van der Waals surface area contributed by atoms with Crippen LogP contribution in [0.25, 0.3) is 0 Å². The molecular weight excluding hydrogens is 336 g/mol. The lowest BCUT2D eigenvalue weighted by Crippen LogP contribution is -2.24. The Bertz CT molecular complexity index is 792. The summed E-state index contributed by atoms with van der Waals surface area (Å²) in [6, 6.07) is 14.7. The van der Waals surface area contributed by atoms with Crippen LogP contribution in [0.2, 0.25) is 0 Å². The van der Waals surface area contributed by atoms with E-state index in [1.165, 1.54) is 24.3 Å². The maximum atomic E-state index is 12.1. The van der Waals surface area contributed by atoms with Gasteiger partial charge >= 0.3 is 5.97 Å². The van der Waals surface area contributed by atoms with Crippen molar-refractivity contribution in [2.45, 2.75) is 31.8 Å². The van der Waals surface area contributed by atoms with E-state index in [0.29, 0.717) is 37.0 Å². The van der Waals surface area contributed by atoms with E-state index in [-0.39, 0.29) is 17.8 Å². The highest BCUT2D eigenvalue weighted by Crippen LogP contribution is 2.22. The van der Waals surface area contributed by atoms with Crippen LogP contribution in [-0.4, -0.2) is 22.7 Å².